The Bertz CT molecular complexity index is 347. The van der Waals surface area contributed by atoms with Crippen molar-refractivity contribution in [1.82, 2.24) is 5.32 Å². The van der Waals surface area contributed by atoms with Crippen LogP contribution >= 0.6 is 0 Å². The Labute approximate surface area is 103 Å². The third-order valence-corrected chi connectivity index (χ3v) is 5.01. The second-order valence-corrected chi connectivity index (χ2v) is 6.54. The Hall–Kier alpha value is -1.04. The van der Waals surface area contributed by atoms with Gasteiger partial charge in [0, 0.05) is 5.54 Å². The minimum atomic E-state index is -0.511. The smallest absolute Gasteiger partial charge is 0.237 e. The molecule has 4 aliphatic rings. The van der Waals surface area contributed by atoms with E-state index in [2.05, 4.69) is 5.32 Å². The van der Waals surface area contributed by atoms with Crippen LogP contribution in [0, 0.1) is 35.0 Å². The molecule has 0 aliphatic heterocycles. The van der Waals surface area contributed by atoms with E-state index < -0.39 is 5.92 Å². The summed E-state index contributed by atoms with van der Waals surface area (Å²) in [5.74, 6) is 1.93. The summed E-state index contributed by atoms with van der Waals surface area (Å²) in [6.45, 7) is 1.69. The van der Waals surface area contributed by atoms with Gasteiger partial charge >= 0.3 is 0 Å². The largest absolute Gasteiger partial charge is 0.350 e. The molecule has 4 saturated carbocycles. The SMILES string of the molecule is CC(C#N)C(=O)NC12CC3CC(CC(C3)C1)C2. The van der Waals surface area contributed by atoms with E-state index in [1.165, 1.54) is 19.3 Å². The maximum atomic E-state index is 11.9. The number of carbonyl (C=O) groups is 1. The molecule has 4 rings (SSSR count). The molecule has 0 heterocycles. The molecule has 17 heavy (non-hydrogen) atoms. The lowest BCUT2D eigenvalue weighted by atomic mass is 9.53. The summed E-state index contributed by atoms with van der Waals surface area (Å²) in [6.07, 6.45) is 7.60. The van der Waals surface area contributed by atoms with E-state index >= 15 is 0 Å². The molecule has 3 heteroatoms. The van der Waals surface area contributed by atoms with Crippen LogP contribution in [0.15, 0.2) is 0 Å². The molecule has 4 fully saturated rings. The van der Waals surface area contributed by atoms with Gasteiger partial charge in [0.25, 0.3) is 0 Å². The molecular weight excluding hydrogens is 212 g/mol. The minimum Gasteiger partial charge on any atom is -0.350 e. The van der Waals surface area contributed by atoms with Gasteiger partial charge in [-0.2, -0.15) is 5.26 Å². The molecule has 0 aromatic rings. The van der Waals surface area contributed by atoms with Gasteiger partial charge < -0.3 is 5.32 Å². The fourth-order valence-corrected chi connectivity index (χ4v) is 4.69. The zero-order chi connectivity index (χ0) is 12.0. The van der Waals surface area contributed by atoms with Crippen LogP contribution in [0.25, 0.3) is 0 Å². The van der Waals surface area contributed by atoms with Gasteiger partial charge in [0.15, 0.2) is 0 Å². The highest BCUT2D eigenvalue weighted by molar-refractivity contribution is 5.81. The Morgan fingerprint density at radius 1 is 1.24 bits per heavy atom. The van der Waals surface area contributed by atoms with Crippen LogP contribution in [0.3, 0.4) is 0 Å². The number of hydrogen-bond donors (Lipinski definition) is 1. The summed E-state index contributed by atoms with van der Waals surface area (Å²) in [5, 5.41) is 12.0. The van der Waals surface area contributed by atoms with Gasteiger partial charge in [-0.25, -0.2) is 0 Å². The van der Waals surface area contributed by atoms with Crippen LogP contribution in [0.4, 0.5) is 0 Å². The molecule has 3 nitrogen and oxygen atoms in total. The molecule has 1 amide bonds. The molecular formula is C14H20N2O. The second-order valence-electron chi connectivity index (χ2n) is 6.54. The van der Waals surface area contributed by atoms with Crippen molar-refractivity contribution in [3.05, 3.63) is 0 Å². The Morgan fingerprint density at radius 3 is 2.12 bits per heavy atom. The predicted molar refractivity (Wildman–Crippen MR) is 63.8 cm³/mol. The first-order chi connectivity index (χ1) is 8.10. The molecule has 4 bridgehead atoms. The van der Waals surface area contributed by atoms with Crippen molar-refractivity contribution in [2.24, 2.45) is 23.7 Å². The number of hydrogen-bond acceptors (Lipinski definition) is 2. The second kappa shape index (κ2) is 3.73. The van der Waals surface area contributed by atoms with E-state index in [-0.39, 0.29) is 11.4 Å². The van der Waals surface area contributed by atoms with Crippen molar-refractivity contribution < 1.29 is 4.79 Å². The van der Waals surface area contributed by atoms with Crippen LogP contribution in [-0.2, 0) is 4.79 Å². The van der Waals surface area contributed by atoms with Gasteiger partial charge in [-0.3, -0.25) is 4.79 Å². The van der Waals surface area contributed by atoms with Gasteiger partial charge in [0.05, 0.1) is 6.07 Å². The molecule has 0 saturated heterocycles. The number of nitrogens with zero attached hydrogens (tertiary/aromatic N) is 1. The number of nitrogens with one attached hydrogen (secondary N) is 1. The lowest BCUT2D eigenvalue weighted by Crippen LogP contribution is -2.60. The summed E-state index contributed by atoms with van der Waals surface area (Å²) in [7, 11) is 0. The van der Waals surface area contributed by atoms with Gasteiger partial charge in [-0.1, -0.05) is 0 Å². The standard InChI is InChI=1S/C14H20N2O/c1-9(8-15)13(17)16-14-5-10-2-11(6-14)4-12(3-10)7-14/h9-12H,2-7H2,1H3,(H,16,17). The average Bonchev–Trinajstić information content (AvgIpc) is 2.25. The van der Waals surface area contributed by atoms with Crippen molar-refractivity contribution in [1.29, 1.82) is 5.26 Å². The van der Waals surface area contributed by atoms with E-state index in [0.29, 0.717) is 0 Å². The summed E-state index contributed by atoms with van der Waals surface area (Å²) in [4.78, 5) is 11.9. The summed E-state index contributed by atoms with van der Waals surface area (Å²) >= 11 is 0. The molecule has 0 spiro atoms. The van der Waals surface area contributed by atoms with E-state index in [1.54, 1.807) is 6.92 Å². The number of nitriles is 1. The van der Waals surface area contributed by atoms with Crippen molar-refractivity contribution in [3.63, 3.8) is 0 Å². The Balaban J connectivity index is 1.74. The van der Waals surface area contributed by atoms with Crippen LogP contribution < -0.4 is 5.32 Å². The summed E-state index contributed by atoms with van der Waals surface area (Å²) in [5.41, 5.74) is 0.0525. The maximum absolute atomic E-state index is 11.9. The third-order valence-electron chi connectivity index (χ3n) is 5.01. The fraction of sp³-hybridized carbons (Fsp3) is 0.857. The van der Waals surface area contributed by atoms with Gasteiger partial charge in [0.2, 0.25) is 5.91 Å². The lowest BCUT2D eigenvalue weighted by molar-refractivity contribution is -0.128. The van der Waals surface area contributed by atoms with Crippen LogP contribution in [0.1, 0.15) is 45.4 Å². The van der Waals surface area contributed by atoms with Crippen molar-refractivity contribution in [3.8, 4) is 6.07 Å². The predicted octanol–water partition coefficient (Wildman–Crippen LogP) is 2.23. The number of rotatable bonds is 2. The maximum Gasteiger partial charge on any atom is 0.237 e. The van der Waals surface area contributed by atoms with Crippen LogP contribution in [-0.4, -0.2) is 11.4 Å². The van der Waals surface area contributed by atoms with Crippen LogP contribution in [0.2, 0.25) is 0 Å². The molecule has 0 radical (unpaired) electrons. The van der Waals surface area contributed by atoms with Gasteiger partial charge in [0.1, 0.15) is 5.92 Å². The monoisotopic (exact) mass is 232 g/mol. The first-order valence-corrected chi connectivity index (χ1v) is 6.82. The number of amides is 1. The Morgan fingerprint density at radius 2 is 1.71 bits per heavy atom. The highest BCUT2D eigenvalue weighted by Crippen LogP contribution is 2.55. The quantitative estimate of drug-likeness (QED) is 0.793. The number of carbonyl (C=O) groups excluding carboxylic acids is 1. The van der Waals surface area contributed by atoms with Crippen molar-refractivity contribution in [2.45, 2.75) is 51.0 Å². The van der Waals surface area contributed by atoms with Crippen LogP contribution in [0.5, 0.6) is 0 Å². The van der Waals surface area contributed by atoms with E-state index in [9.17, 15) is 4.79 Å². The molecule has 0 aromatic heterocycles. The highest BCUT2D eigenvalue weighted by Gasteiger charge is 2.51. The first-order valence-electron chi connectivity index (χ1n) is 6.82. The molecule has 4 aliphatic carbocycles. The Kier molecular flexibility index (Phi) is 2.43. The van der Waals surface area contributed by atoms with Gasteiger partial charge in [-0.15, -0.1) is 0 Å². The van der Waals surface area contributed by atoms with E-state index in [4.69, 9.17) is 5.26 Å². The van der Waals surface area contributed by atoms with E-state index in [0.717, 1.165) is 37.0 Å². The van der Waals surface area contributed by atoms with Gasteiger partial charge in [-0.05, 0) is 63.2 Å². The molecule has 92 valence electrons. The molecule has 0 aromatic carbocycles. The van der Waals surface area contributed by atoms with Crippen molar-refractivity contribution in [2.75, 3.05) is 0 Å². The molecule has 1 N–H and O–H groups in total. The molecule has 1 unspecified atom stereocenters. The summed E-state index contributed by atoms with van der Waals surface area (Å²) in [6, 6.07) is 2.04. The third kappa shape index (κ3) is 1.84. The topological polar surface area (TPSA) is 52.9 Å². The van der Waals surface area contributed by atoms with Crippen molar-refractivity contribution >= 4 is 5.91 Å². The molecule has 1 atom stereocenters. The normalized spacial score (nSPS) is 44.1. The lowest BCUT2D eigenvalue weighted by Gasteiger charge is -2.57. The zero-order valence-corrected chi connectivity index (χ0v) is 10.4. The average molecular weight is 232 g/mol. The summed E-state index contributed by atoms with van der Waals surface area (Å²) < 4.78 is 0. The first kappa shape index (κ1) is 11.1. The van der Waals surface area contributed by atoms with E-state index in [1.807, 2.05) is 6.07 Å². The minimum absolute atomic E-state index is 0.0525. The highest BCUT2D eigenvalue weighted by atomic mass is 16.2. The zero-order valence-electron chi connectivity index (χ0n) is 10.4. The fourth-order valence-electron chi connectivity index (χ4n) is 4.69.